The van der Waals surface area contributed by atoms with E-state index in [0.29, 0.717) is 5.82 Å². The van der Waals surface area contributed by atoms with Crippen LogP contribution in [0.1, 0.15) is 18.4 Å². The second kappa shape index (κ2) is 5.56. The van der Waals surface area contributed by atoms with E-state index in [-0.39, 0.29) is 11.3 Å². The summed E-state index contributed by atoms with van der Waals surface area (Å²) >= 11 is 0. The Morgan fingerprint density at radius 1 is 1.12 bits per heavy atom. The average Bonchev–Trinajstić information content (AvgIpc) is 3.32. The third-order valence-corrected chi connectivity index (χ3v) is 4.51. The molecule has 1 aliphatic rings. The first-order valence-electron chi connectivity index (χ1n) is 7.89. The SMILES string of the molecule is Cn1nnnc1-c1cccc(NC(=O)C2(c3ccccc3)CC2)c1. The van der Waals surface area contributed by atoms with Crippen LogP contribution in [0.25, 0.3) is 11.4 Å². The molecule has 6 nitrogen and oxygen atoms in total. The lowest BCUT2D eigenvalue weighted by Gasteiger charge is -2.16. The van der Waals surface area contributed by atoms with Crippen LogP contribution in [0.5, 0.6) is 0 Å². The Hall–Kier alpha value is -3.02. The molecule has 24 heavy (non-hydrogen) atoms. The molecule has 0 aliphatic heterocycles. The van der Waals surface area contributed by atoms with Crippen LogP contribution in [0.4, 0.5) is 5.69 Å². The molecule has 1 N–H and O–H groups in total. The van der Waals surface area contributed by atoms with Gasteiger partial charge in [0, 0.05) is 18.3 Å². The van der Waals surface area contributed by atoms with Crippen LogP contribution < -0.4 is 5.32 Å². The zero-order chi connectivity index (χ0) is 16.6. The topological polar surface area (TPSA) is 72.7 Å². The Kier molecular flexibility index (Phi) is 3.37. The van der Waals surface area contributed by atoms with Crippen molar-refractivity contribution in [3.05, 3.63) is 60.2 Å². The van der Waals surface area contributed by atoms with Crippen molar-refractivity contribution in [2.24, 2.45) is 7.05 Å². The molecule has 0 saturated heterocycles. The van der Waals surface area contributed by atoms with Gasteiger partial charge in [0.2, 0.25) is 5.91 Å². The molecule has 1 heterocycles. The standard InChI is InChI=1S/C18H17N5O/c1-23-16(20-21-22-23)13-6-5-9-15(12-13)19-17(24)18(10-11-18)14-7-3-2-4-8-14/h2-9,12H,10-11H2,1H3,(H,19,24). The Morgan fingerprint density at radius 3 is 2.58 bits per heavy atom. The minimum absolute atomic E-state index is 0.0435. The number of tetrazole rings is 1. The van der Waals surface area contributed by atoms with Gasteiger partial charge in [-0.05, 0) is 41.0 Å². The van der Waals surface area contributed by atoms with Gasteiger partial charge < -0.3 is 5.32 Å². The Balaban J connectivity index is 1.58. The summed E-state index contributed by atoms with van der Waals surface area (Å²) in [6, 6.07) is 17.6. The Bertz CT molecular complexity index is 883. The number of hydrogen-bond acceptors (Lipinski definition) is 4. The van der Waals surface area contributed by atoms with Crippen LogP contribution in [-0.2, 0) is 17.3 Å². The summed E-state index contributed by atoms with van der Waals surface area (Å²) in [5, 5.41) is 14.5. The largest absolute Gasteiger partial charge is 0.325 e. The maximum atomic E-state index is 12.8. The number of hydrogen-bond donors (Lipinski definition) is 1. The van der Waals surface area contributed by atoms with Crippen molar-refractivity contribution in [1.29, 1.82) is 0 Å². The number of nitrogens with zero attached hydrogens (tertiary/aromatic N) is 4. The van der Waals surface area contributed by atoms with Gasteiger partial charge in [0.25, 0.3) is 0 Å². The Morgan fingerprint density at radius 2 is 1.92 bits per heavy atom. The van der Waals surface area contributed by atoms with Crippen LogP contribution >= 0.6 is 0 Å². The zero-order valence-electron chi connectivity index (χ0n) is 13.3. The maximum absolute atomic E-state index is 12.8. The molecule has 0 radical (unpaired) electrons. The second-order valence-corrected chi connectivity index (χ2v) is 6.11. The molecule has 1 amide bonds. The fourth-order valence-corrected chi connectivity index (χ4v) is 2.99. The lowest BCUT2D eigenvalue weighted by molar-refractivity contribution is -0.118. The van der Waals surface area contributed by atoms with Gasteiger partial charge in [0.1, 0.15) is 0 Å². The molecule has 2 aromatic carbocycles. The van der Waals surface area contributed by atoms with Crippen LogP contribution in [0.15, 0.2) is 54.6 Å². The minimum Gasteiger partial charge on any atom is -0.325 e. The smallest absolute Gasteiger partial charge is 0.235 e. The fraction of sp³-hybridized carbons (Fsp3) is 0.222. The summed E-state index contributed by atoms with van der Waals surface area (Å²) in [6.45, 7) is 0. The summed E-state index contributed by atoms with van der Waals surface area (Å²) in [5.41, 5.74) is 2.31. The highest BCUT2D eigenvalue weighted by atomic mass is 16.2. The van der Waals surface area contributed by atoms with Crippen molar-refractivity contribution >= 4 is 11.6 Å². The summed E-state index contributed by atoms with van der Waals surface area (Å²) in [6.07, 6.45) is 1.77. The van der Waals surface area contributed by atoms with Gasteiger partial charge in [-0.1, -0.05) is 42.5 Å². The van der Waals surface area contributed by atoms with Gasteiger partial charge in [0.05, 0.1) is 5.41 Å². The summed E-state index contributed by atoms with van der Waals surface area (Å²) < 4.78 is 1.60. The molecule has 4 rings (SSSR count). The first kappa shape index (κ1) is 14.6. The first-order chi connectivity index (χ1) is 11.7. The zero-order valence-corrected chi connectivity index (χ0v) is 13.3. The van der Waals surface area contributed by atoms with Crippen LogP contribution in [0.2, 0.25) is 0 Å². The molecule has 1 aromatic heterocycles. The van der Waals surface area contributed by atoms with Gasteiger partial charge in [-0.3, -0.25) is 4.79 Å². The van der Waals surface area contributed by atoms with Gasteiger partial charge >= 0.3 is 0 Å². The highest BCUT2D eigenvalue weighted by molar-refractivity contribution is 6.01. The van der Waals surface area contributed by atoms with E-state index < -0.39 is 0 Å². The number of aromatic nitrogens is 4. The molecule has 1 saturated carbocycles. The summed E-state index contributed by atoms with van der Waals surface area (Å²) in [7, 11) is 1.79. The average molecular weight is 319 g/mol. The number of carbonyl (C=O) groups excluding carboxylic acids is 1. The second-order valence-electron chi connectivity index (χ2n) is 6.11. The number of aryl methyl sites for hydroxylation is 1. The van der Waals surface area contributed by atoms with Crippen LogP contribution in [-0.4, -0.2) is 26.1 Å². The van der Waals surface area contributed by atoms with E-state index in [1.54, 1.807) is 11.7 Å². The molecule has 0 bridgehead atoms. The molecule has 6 heteroatoms. The van der Waals surface area contributed by atoms with E-state index in [9.17, 15) is 4.79 Å². The van der Waals surface area contributed by atoms with Crippen molar-refractivity contribution < 1.29 is 4.79 Å². The van der Waals surface area contributed by atoms with Gasteiger partial charge in [-0.2, -0.15) is 0 Å². The number of anilines is 1. The summed E-state index contributed by atoms with van der Waals surface area (Å²) in [4.78, 5) is 12.8. The van der Waals surface area contributed by atoms with Crippen molar-refractivity contribution in [2.45, 2.75) is 18.3 Å². The molecular formula is C18H17N5O. The lowest BCUT2D eigenvalue weighted by atomic mass is 9.95. The van der Waals surface area contributed by atoms with E-state index in [0.717, 1.165) is 29.7 Å². The van der Waals surface area contributed by atoms with E-state index in [1.807, 2.05) is 54.6 Å². The van der Waals surface area contributed by atoms with E-state index >= 15 is 0 Å². The van der Waals surface area contributed by atoms with E-state index in [4.69, 9.17) is 0 Å². The van der Waals surface area contributed by atoms with Crippen LogP contribution in [0.3, 0.4) is 0 Å². The first-order valence-corrected chi connectivity index (χ1v) is 7.89. The van der Waals surface area contributed by atoms with Crippen molar-refractivity contribution in [3.63, 3.8) is 0 Å². The van der Waals surface area contributed by atoms with Crippen molar-refractivity contribution in [1.82, 2.24) is 20.2 Å². The highest BCUT2D eigenvalue weighted by Gasteiger charge is 2.51. The summed E-state index contributed by atoms with van der Waals surface area (Å²) in [5.74, 6) is 0.706. The quantitative estimate of drug-likeness (QED) is 0.802. The normalized spacial score (nSPS) is 15.0. The van der Waals surface area contributed by atoms with Gasteiger partial charge in [-0.25, -0.2) is 4.68 Å². The molecular weight excluding hydrogens is 302 g/mol. The lowest BCUT2D eigenvalue weighted by Crippen LogP contribution is -2.27. The number of carbonyl (C=O) groups is 1. The number of amides is 1. The van der Waals surface area contributed by atoms with Gasteiger partial charge in [-0.15, -0.1) is 5.10 Å². The molecule has 1 fully saturated rings. The predicted octanol–water partition coefficient (Wildman–Crippen LogP) is 2.55. The van der Waals surface area contributed by atoms with Crippen molar-refractivity contribution in [3.8, 4) is 11.4 Å². The maximum Gasteiger partial charge on any atom is 0.235 e. The molecule has 0 unspecified atom stereocenters. The number of nitrogens with one attached hydrogen (secondary N) is 1. The number of benzene rings is 2. The van der Waals surface area contributed by atoms with E-state index in [2.05, 4.69) is 20.8 Å². The molecule has 1 aliphatic carbocycles. The van der Waals surface area contributed by atoms with Crippen molar-refractivity contribution in [2.75, 3.05) is 5.32 Å². The van der Waals surface area contributed by atoms with E-state index in [1.165, 1.54) is 0 Å². The highest BCUT2D eigenvalue weighted by Crippen LogP contribution is 2.48. The minimum atomic E-state index is -0.385. The van der Waals surface area contributed by atoms with Crippen LogP contribution in [0, 0.1) is 0 Å². The molecule has 3 aromatic rings. The Labute approximate surface area is 139 Å². The molecule has 0 spiro atoms. The van der Waals surface area contributed by atoms with Gasteiger partial charge in [0.15, 0.2) is 5.82 Å². The molecule has 0 atom stereocenters. The number of rotatable bonds is 4. The third kappa shape index (κ3) is 2.46. The molecule has 120 valence electrons. The third-order valence-electron chi connectivity index (χ3n) is 4.51. The monoisotopic (exact) mass is 319 g/mol. The predicted molar refractivity (Wildman–Crippen MR) is 90.2 cm³/mol. The fourth-order valence-electron chi connectivity index (χ4n) is 2.99.